The van der Waals surface area contributed by atoms with E-state index in [1.807, 2.05) is 0 Å². The molecule has 0 saturated carbocycles. The molecule has 128 valence electrons. The summed E-state index contributed by atoms with van der Waals surface area (Å²) in [5.41, 5.74) is 0.985. The number of sulfonamides is 1. The molecule has 1 amide bonds. The lowest BCUT2D eigenvalue weighted by molar-refractivity contribution is 0.102. The van der Waals surface area contributed by atoms with E-state index in [4.69, 9.17) is 9.47 Å². The van der Waals surface area contributed by atoms with E-state index >= 15 is 0 Å². The number of para-hydroxylation sites is 2. The van der Waals surface area contributed by atoms with Crippen molar-refractivity contribution in [3.05, 3.63) is 48.0 Å². The minimum atomic E-state index is -3.46. The lowest BCUT2D eigenvalue weighted by atomic mass is 10.1. The highest BCUT2D eigenvalue weighted by Gasteiger charge is 2.13. The number of nitrogens with one attached hydrogen (secondary N) is 2. The maximum atomic E-state index is 12.4. The Bertz CT molecular complexity index is 849. The van der Waals surface area contributed by atoms with Gasteiger partial charge in [-0.2, -0.15) is 0 Å². The Hall–Kier alpha value is -2.74. The number of hydrogen-bond acceptors (Lipinski definition) is 5. The minimum absolute atomic E-state index is 0.286. The van der Waals surface area contributed by atoms with Gasteiger partial charge in [0, 0.05) is 5.56 Å². The van der Waals surface area contributed by atoms with Gasteiger partial charge in [0.25, 0.3) is 5.91 Å². The van der Waals surface area contributed by atoms with Crippen LogP contribution in [0.2, 0.25) is 0 Å². The van der Waals surface area contributed by atoms with Crippen molar-refractivity contribution in [2.45, 2.75) is 0 Å². The smallest absolute Gasteiger partial charge is 0.255 e. The third-order valence-corrected chi connectivity index (χ3v) is 3.71. The van der Waals surface area contributed by atoms with E-state index in [1.165, 1.54) is 14.2 Å². The van der Waals surface area contributed by atoms with Gasteiger partial charge in [-0.1, -0.05) is 12.1 Å². The Labute approximate surface area is 140 Å². The van der Waals surface area contributed by atoms with Gasteiger partial charge in [-0.15, -0.1) is 0 Å². The van der Waals surface area contributed by atoms with Crippen LogP contribution in [0.1, 0.15) is 10.4 Å². The van der Waals surface area contributed by atoms with Crippen molar-refractivity contribution in [3.63, 3.8) is 0 Å². The van der Waals surface area contributed by atoms with Gasteiger partial charge < -0.3 is 14.8 Å². The molecule has 0 atom stereocenters. The fourth-order valence-corrected chi connectivity index (χ4v) is 2.63. The quantitative estimate of drug-likeness (QED) is 0.834. The average molecular weight is 350 g/mol. The number of carbonyl (C=O) groups excluding carboxylic acids is 1. The number of methoxy groups -OCH3 is 2. The van der Waals surface area contributed by atoms with Crippen molar-refractivity contribution in [2.75, 3.05) is 30.5 Å². The van der Waals surface area contributed by atoms with Crippen molar-refractivity contribution in [2.24, 2.45) is 0 Å². The Morgan fingerprint density at radius 3 is 2.17 bits per heavy atom. The van der Waals surface area contributed by atoms with Crippen LogP contribution >= 0.6 is 0 Å². The van der Waals surface area contributed by atoms with Gasteiger partial charge in [-0.05, 0) is 30.3 Å². The molecule has 0 radical (unpaired) electrons. The Balaban J connectivity index is 2.27. The van der Waals surface area contributed by atoms with Crippen LogP contribution in [0, 0.1) is 0 Å². The molecule has 7 nitrogen and oxygen atoms in total. The van der Waals surface area contributed by atoms with Crippen LogP contribution in [0.25, 0.3) is 0 Å². The number of amides is 1. The molecule has 2 aromatic carbocycles. The first kappa shape index (κ1) is 17.6. The minimum Gasteiger partial charge on any atom is -0.493 e. The van der Waals surface area contributed by atoms with Gasteiger partial charge >= 0.3 is 0 Å². The average Bonchev–Trinajstić information content (AvgIpc) is 2.54. The second-order valence-corrected chi connectivity index (χ2v) is 6.69. The fourth-order valence-electron chi connectivity index (χ4n) is 2.05. The van der Waals surface area contributed by atoms with Gasteiger partial charge in [0.05, 0.1) is 31.9 Å². The summed E-state index contributed by atoms with van der Waals surface area (Å²) >= 11 is 0. The summed E-state index contributed by atoms with van der Waals surface area (Å²) in [5, 5.41) is 2.68. The lowest BCUT2D eigenvalue weighted by Gasteiger charge is -2.13. The summed E-state index contributed by atoms with van der Waals surface area (Å²) in [6, 6.07) is 11.3. The first-order valence-corrected chi connectivity index (χ1v) is 8.83. The van der Waals surface area contributed by atoms with E-state index in [0.29, 0.717) is 22.7 Å². The van der Waals surface area contributed by atoms with Crippen molar-refractivity contribution in [1.29, 1.82) is 0 Å². The summed E-state index contributed by atoms with van der Waals surface area (Å²) in [4.78, 5) is 12.4. The van der Waals surface area contributed by atoms with Crippen LogP contribution in [0.3, 0.4) is 0 Å². The summed E-state index contributed by atoms with van der Waals surface area (Å²) in [6.45, 7) is 0. The molecule has 0 aliphatic heterocycles. The second kappa shape index (κ2) is 7.22. The predicted molar refractivity (Wildman–Crippen MR) is 92.4 cm³/mol. The molecule has 0 aromatic heterocycles. The maximum Gasteiger partial charge on any atom is 0.255 e. The fraction of sp³-hybridized carbons (Fsp3) is 0.188. The monoisotopic (exact) mass is 350 g/mol. The molecule has 24 heavy (non-hydrogen) atoms. The number of benzene rings is 2. The molecule has 8 heteroatoms. The molecule has 0 aliphatic carbocycles. The van der Waals surface area contributed by atoms with E-state index < -0.39 is 15.9 Å². The SMILES string of the molecule is COc1ccc(C(=O)Nc2ccccc2NS(C)(=O)=O)cc1OC. The van der Waals surface area contributed by atoms with E-state index in [-0.39, 0.29) is 5.69 Å². The van der Waals surface area contributed by atoms with Crippen LogP contribution in [-0.2, 0) is 10.0 Å². The first-order valence-electron chi connectivity index (χ1n) is 6.94. The zero-order valence-corrected chi connectivity index (χ0v) is 14.3. The van der Waals surface area contributed by atoms with E-state index in [0.717, 1.165) is 6.26 Å². The van der Waals surface area contributed by atoms with E-state index in [9.17, 15) is 13.2 Å². The molecule has 0 bridgehead atoms. The zero-order chi connectivity index (χ0) is 17.7. The highest BCUT2D eigenvalue weighted by Crippen LogP contribution is 2.28. The summed E-state index contributed by atoms with van der Waals surface area (Å²) in [5.74, 6) is 0.527. The van der Waals surface area contributed by atoms with Crippen LogP contribution in [0.5, 0.6) is 11.5 Å². The molecule has 0 aliphatic rings. The molecule has 2 N–H and O–H groups in total. The second-order valence-electron chi connectivity index (χ2n) is 4.94. The first-order chi connectivity index (χ1) is 11.3. The molecule has 2 aromatic rings. The number of anilines is 2. The zero-order valence-electron chi connectivity index (χ0n) is 13.5. The summed E-state index contributed by atoms with van der Waals surface area (Å²) in [6.07, 6.45) is 1.04. The van der Waals surface area contributed by atoms with Gasteiger partial charge in [-0.3, -0.25) is 9.52 Å². The van der Waals surface area contributed by atoms with Crippen LogP contribution < -0.4 is 19.5 Å². The maximum absolute atomic E-state index is 12.4. The van der Waals surface area contributed by atoms with E-state index in [2.05, 4.69) is 10.0 Å². The number of ether oxygens (including phenoxy) is 2. The molecule has 0 fully saturated rings. The molecule has 0 saturated heterocycles. The third kappa shape index (κ3) is 4.39. The van der Waals surface area contributed by atoms with Crippen molar-refractivity contribution in [3.8, 4) is 11.5 Å². The van der Waals surface area contributed by atoms with Gasteiger partial charge in [0.1, 0.15) is 0 Å². The molecular weight excluding hydrogens is 332 g/mol. The summed E-state index contributed by atoms with van der Waals surface area (Å²) < 4.78 is 35.5. The van der Waals surface area contributed by atoms with Crippen molar-refractivity contribution in [1.82, 2.24) is 0 Å². The summed E-state index contributed by atoms with van der Waals surface area (Å²) in [7, 11) is -0.476. The highest BCUT2D eigenvalue weighted by atomic mass is 32.2. The Morgan fingerprint density at radius 2 is 1.58 bits per heavy atom. The number of hydrogen-bond donors (Lipinski definition) is 2. The molecule has 0 unspecified atom stereocenters. The van der Waals surface area contributed by atoms with Crippen molar-refractivity contribution < 1.29 is 22.7 Å². The number of carbonyl (C=O) groups is 1. The Kier molecular flexibility index (Phi) is 5.30. The molecular formula is C16H18N2O5S. The molecule has 2 rings (SSSR count). The number of rotatable bonds is 6. The van der Waals surface area contributed by atoms with Crippen LogP contribution in [-0.4, -0.2) is 34.8 Å². The third-order valence-electron chi connectivity index (χ3n) is 3.12. The predicted octanol–water partition coefficient (Wildman–Crippen LogP) is 2.33. The lowest BCUT2D eigenvalue weighted by Crippen LogP contribution is -2.16. The molecule has 0 heterocycles. The largest absolute Gasteiger partial charge is 0.493 e. The van der Waals surface area contributed by atoms with Gasteiger partial charge in [0.2, 0.25) is 10.0 Å². The highest BCUT2D eigenvalue weighted by molar-refractivity contribution is 7.92. The van der Waals surface area contributed by atoms with Crippen LogP contribution in [0.4, 0.5) is 11.4 Å². The van der Waals surface area contributed by atoms with Crippen molar-refractivity contribution >= 4 is 27.3 Å². The van der Waals surface area contributed by atoms with Crippen LogP contribution in [0.15, 0.2) is 42.5 Å². The Morgan fingerprint density at radius 1 is 0.958 bits per heavy atom. The van der Waals surface area contributed by atoms with Gasteiger partial charge in [-0.25, -0.2) is 8.42 Å². The topological polar surface area (TPSA) is 93.7 Å². The normalized spacial score (nSPS) is 10.8. The standard InChI is InChI=1S/C16H18N2O5S/c1-22-14-9-8-11(10-15(14)23-2)16(19)17-12-6-4-5-7-13(12)18-24(3,20)21/h4-10,18H,1-3H3,(H,17,19). The van der Waals surface area contributed by atoms with E-state index in [1.54, 1.807) is 42.5 Å². The molecule has 0 spiro atoms. The van der Waals surface area contributed by atoms with Gasteiger partial charge in [0.15, 0.2) is 11.5 Å².